The van der Waals surface area contributed by atoms with E-state index in [1.54, 1.807) is 6.20 Å². The van der Waals surface area contributed by atoms with Crippen molar-refractivity contribution in [3.05, 3.63) is 30.1 Å². The Balaban J connectivity index is 1.61. The zero-order chi connectivity index (χ0) is 19.1. The number of hydrogen-bond donors (Lipinski definition) is 0. The van der Waals surface area contributed by atoms with Crippen LogP contribution in [0.4, 0.5) is 0 Å². The van der Waals surface area contributed by atoms with Gasteiger partial charge in [0.25, 0.3) is 0 Å². The van der Waals surface area contributed by atoms with Crippen LogP contribution in [-0.2, 0) is 11.3 Å². The lowest BCUT2D eigenvalue weighted by atomic mass is 10.2. The summed E-state index contributed by atoms with van der Waals surface area (Å²) in [5.41, 5.74) is 1.03. The summed E-state index contributed by atoms with van der Waals surface area (Å²) < 4.78 is 1.90. The molecule has 2 aromatic heterocycles. The molecule has 2 aromatic rings. The van der Waals surface area contributed by atoms with Crippen LogP contribution in [0.5, 0.6) is 0 Å². The maximum atomic E-state index is 12.9. The van der Waals surface area contributed by atoms with Gasteiger partial charge in [-0.2, -0.15) is 0 Å². The molecular weight excluding hydrogens is 362 g/mol. The minimum atomic E-state index is 0.0895. The fourth-order valence-corrected chi connectivity index (χ4v) is 4.05. The second-order valence-electron chi connectivity index (χ2n) is 7.11. The molecule has 2 heterocycles. The maximum absolute atomic E-state index is 12.9. The predicted octanol–water partition coefficient (Wildman–Crippen LogP) is 1.87. The minimum absolute atomic E-state index is 0.0895. The lowest BCUT2D eigenvalue weighted by Crippen LogP contribution is -2.37. The molecule has 1 amide bonds. The molecule has 0 aliphatic heterocycles. The molecule has 0 radical (unpaired) electrons. The normalized spacial score (nSPS) is 14.8. The van der Waals surface area contributed by atoms with Crippen molar-refractivity contribution in [2.75, 3.05) is 32.9 Å². The maximum Gasteiger partial charge on any atom is 0.233 e. The van der Waals surface area contributed by atoms with Crippen molar-refractivity contribution in [1.29, 1.82) is 0 Å². The van der Waals surface area contributed by atoms with E-state index >= 15 is 0 Å². The number of aromatic nitrogens is 5. The number of carbonyl (C=O) groups excluding carboxylic acids is 1. The van der Waals surface area contributed by atoms with Crippen molar-refractivity contribution < 1.29 is 4.79 Å². The Bertz CT molecular complexity index is 716. The van der Waals surface area contributed by atoms with Crippen LogP contribution in [0.3, 0.4) is 0 Å². The summed E-state index contributed by atoms with van der Waals surface area (Å²) in [4.78, 5) is 21.0. The first-order valence-corrected chi connectivity index (χ1v) is 10.3. The molecule has 1 fully saturated rings. The first kappa shape index (κ1) is 19.8. The van der Waals surface area contributed by atoms with Gasteiger partial charge < -0.3 is 9.80 Å². The van der Waals surface area contributed by atoms with E-state index in [0.29, 0.717) is 24.9 Å². The number of rotatable bonds is 9. The quantitative estimate of drug-likeness (QED) is 0.606. The van der Waals surface area contributed by atoms with E-state index < -0.39 is 0 Å². The second kappa shape index (κ2) is 9.80. The van der Waals surface area contributed by atoms with Gasteiger partial charge in [0, 0.05) is 32.0 Å². The monoisotopic (exact) mass is 389 g/mol. The predicted molar refractivity (Wildman–Crippen MR) is 104 cm³/mol. The van der Waals surface area contributed by atoms with Crippen LogP contribution in [0.15, 0.2) is 29.7 Å². The highest BCUT2D eigenvalue weighted by Crippen LogP contribution is 2.31. The van der Waals surface area contributed by atoms with E-state index in [9.17, 15) is 4.79 Å². The van der Waals surface area contributed by atoms with E-state index in [0.717, 1.165) is 30.1 Å². The van der Waals surface area contributed by atoms with Crippen LogP contribution < -0.4 is 0 Å². The highest BCUT2D eigenvalue weighted by Gasteiger charge is 2.23. The first-order chi connectivity index (χ1) is 13.1. The molecule has 0 saturated heterocycles. The molecule has 0 spiro atoms. The van der Waals surface area contributed by atoms with Gasteiger partial charge in [0.2, 0.25) is 11.1 Å². The molecule has 1 aliphatic rings. The Hall–Kier alpha value is -2.00. The Morgan fingerprint density at radius 3 is 2.81 bits per heavy atom. The van der Waals surface area contributed by atoms with E-state index in [1.807, 2.05) is 42.0 Å². The van der Waals surface area contributed by atoms with Crippen molar-refractivity contribution in [3.63, 3.8) is 0 Å². The second-order valence-corrected chi connectivity index (χ2v) is 8.06. The van der Waals surface area contributed by atoms with Crippen molar-refractivity contribution in [2.24, 2.45) is 0 Å². The van der Waals surface area contributed by atoms with E-state index in [4.69, 9.17) is 0 Å². The van der Waals surface area contributed by atoms with Gasteiger partial charge in [-0.3, -0.25) is 9.78 Å². The molecule has 146 valence electrons. The molecule has 3 rings (SSSR count). The summed E-state index contributed by atoms with van der Waals surface area (Å²) in [5, 5.41) is 12.8. The van der Waals surface area contributed by atoms with Crippen molar-refractivity contribution in [1.82, 2.24) is 35.0 Å². The third-order valence-corrected chi connectivity index (χ3v) is 5.64. The van der Waals surface area contributed by atoms with Crippen LogP contribution in [0.1, 0.15) is 37.3 Å². The topological polar surface area (TPSA) is 80.0 Å². The molecule has 0 aromatic carbocycles. The molecule has 0 atom stereocenters. The number of tetrazole rings is 1. The zero-order valence-electron chi connectivity index (χ0n) is 16.0. The van der Waals surface area contributed by atoms with Crippen molar-refractivity contribution in [2.45, 2.75) is 43.4 Å². The summed E-state index contributed by atoms with van der Waals surface area (Å²) >= 11 is 1.43. The molecular formula is C18H27N7OS. The smallest absolute Gasteiger partial charge is 0.233 e. The molecule has 1 aliphatic carbocycles. The van der Waals surface area contributed by atoms with E-state index in [2.05, 4.69) is 25.4 Å². The van der Waals surface area contributed by atoms with Crippen LogP contribution in [0.2, 0.25) is 0 Å². The average Bonchev–Trinajstić information content (AvgIpc) is 3.34. The van der Waals surface area contributed by atoms with Crippen LogP contribution in [-0.4, -0.2) is 73.8 Å². The average molecular weight is 390 g/mol. The van der Waals surface area contributed by atoms with Gasteiger partial charge in [0.15, 0.2) is 0 Å². The molecule has 8 nitrogen and oxygen atoms in total. The Morgan fingerprint density at radius 1 is 1.30 bits per heavy atom. The number of pyridine rings is 1. The van der Waals surface area contributed by atoms with E-state index in [1.165, 1.54) is 24.6 Å². The number of hydrogen-bond acceptors (Lipinski definition) is 7. The SMILES string of the molecule is CN(C)CCN(Cc1cccnc1)C(=O)CSc1nnnn1C1CCCC1. The molecule has 1 saturated carbocycles. The van der Waals surface area contributed by atoms with Gasteiger partial charge in [-0.15, -0.1) is 5.10 Å². The van der Waals surface area contributed by atoms with Crippen LogP contribution >= 0.6 is 11.8 Å². The van der Waals surface area contributed by atoms with Crippen LogP contribution in [0.25, 0.3) is 0 Å². The van der Waals surface area contributed by atoms with Gasteiger partial charge in [0.05, 0.1) is 11.8 Å². The summed E-state index contributed by atoms with van der Waals surface area (Å²) in [6.45, 7) is 2.06. The molecule has 0 unspecified atom stereocenters. The molecule has 9 heteroatoms. The number of carbonyl (C=O) groups is 1. The van der Waals surface area contributed by atoms with Gasteiger partial charge in [0.1, 0.15) is 0 Å². The molecule has 0 bridgehead atoms. The van der Waals surface area contributed by atoms with Gasteiger partial charge in [-0.1, -0.05) is 30.7 Å². The Labute approximate surface area is 164 Å². The summed E-state index contributed by atoms with van der Waals surface area (Å²) in [6, 6.07) is 4.27. The number of amides is 1. The lowest BCUT2D eigenvalue weighted by molar-refractivity contribution is -0.129. The highest BCUT2D eigenvalue weighted by molar-refractivity contribution is 7.99. The minimum Gasteiger partial charge on any atom is -0.336 e. The fraction of sp³-hybridized carbons (Fsp3) is 0.611. The fourth-order valence-electron chi connectivity index (χ4n) is 3.20. The summed E-state index contributed by atoms with van der Waals surface area (Å²) in [6.07, 6.45) is 8.22. The number of nitrogens with zero attached hydrogens (tertiary/aromatic N) is 7. The van der Waals surface area contributed by atoms with Gasteiger partial charge in [-0.05, 0) is 49.0 Å². The lowest BCUT2D eigenvalue weighted by Gasteiger charge is -2.24. The van der Waals surface area contributed by atoms with Gasteiger partial charge in [-0.25, -0.2) is 4.68 Å². The number of thioether (sulfide) groups is 1. The Morgan fingerprint density at radius 2 is 2.11 bits per heavy atom. The van der Waals surface area contributed by atoms with Gasteiger partial charge >= 0.3 is 0 Å². The third-order valence-electron chi connectivity index (χ3n) is 4.72. The molecule has 0 N–H and O–H groups in total. The number of likely N-dealkylation sites (N-methyl/N-ethyl adjacent to an activating group) is 1. The van der Waals surface area contributed by atoms with Crippen LogP contribution in [0, 0.1) is 0 Å². The van der Waals surface area contributed by atoms with Crippen molar-refractivity contribution in [3.8, 4) is 0 Å². The first-order valence-electron chi connectivity index (χ1n) is 9.35. The zero-order valence-corrected chi connectivity index (χ0v) is 16.8. The Kier molecular flexibility index (Phi) is 7.17. The molecule has 27 heavy (non-hydrogen) atoms. The largest absolute Gasteiger partial charge is 0.336 e. The third kappa shape index (κ3) is 5.74. The summed E-state index contributed by atoms with van der Waals surface area (Å²) in [7, 11) is 4.02. The van der Waals surface area contributed by atoms with Crippen molar-refractivity contribution >= 4 is 17.7 Å². The highest BCUT2D eigenvalue weighted by atomic mass is 32.2. The summed E-state index contributed by atoms with van der Waals surface area (Å²) in [5.74, 6) is 0.424. The van der Waals surface area contributed by atoms with E-state index in [-0.39, 0.29) is 5.91 Å². The standard InChI is InChI=1S/C18H27N7OS/c1-23(2)10-11-24(13-15-6-5-9-19-12-15)17(26)14-27-18-20-21-22-25(18)16-7-3-4-8-16/h5-6,9,12,16H,3-4,7-8,10-11,13-14H2,1-2H3.